The standard InChI is InChI=1S/C12H19F2NO3/c1-8(3-2-4-10(16)17)15-11(18)9-5-6-12(13,14)7-9/h8-9H,2-7H2,1H3,(H,15,18)(H,16,17). The molecule has 1 aliphatic rings. The second kappa shape index (κ2) is 6.11. The van der Waals surface area contributed by atoms with Crippen molar-refractivity contribution in [2.75, 3.05) is 0 Å². The predicted molar refractivity (Wildman–Crippen MR) is 61.4 cm³/mol. The molecule has 1 aliphatic carbocycles. The molecule has 0 bridgehead atoms. The number of hydrogen-bond acceptors (Lipinski definition) is 2. The van der Waals surface area contributed by atoms with E-state index in [-0.39, 0.29) is 37.6 Å². The molecule has 0 heterocycles. The number of carbonyl (C=O) groups is 2. The lowest BCUT2D eigenvalue weighted by Crippen LogP contribution is -2.37. The van der Waals surface area contributed by atoms with Gasteiger partial charge >= 0.3 is 5.97 Å². The number of hydrogen-bond donors (Lipinski definition) is 2. The predicted octanol–water partition coefficient (Wildman–Crippen LogP) is 2.18. The van der Waals surface area contributed by atoms with E-state index in [9.17, 15) is 18.4 Å². The summed E-state index contributed by atoms with van der Waals surface area (Å²) in [6.07, 6.45) is 0.695. The van der Waals surface area contributed by atoms with E-state index in [0.717, 1.165) is 0 Å². The van der Waals surface area contributed by atoms with Gasteiger partial charge in [-0.2, -0.15) is 0 Å². The maximum Gasteiger partial charge on any atom is 0.303 e. The lowest BCUT2D eigenvalue weighted by atomic mass is 10.1. The summed E-state index contributed by atoms with van der Waals surface area (Å²) in [5.74, 6) is -4.53. The van der Waals surface area contributed by atoms with Gasteiger partial charge in [0.2, 0.25) is 11.8 Å². The Labute approximate surface area is 105 Å². The first-order chi connectivity index (χ1) is 8.30. The number of amides is 1. The summed E-state index contributed by atoms with van der Waals surface area (Å²) in [6.45, 7) is 1.76. The van der Waals surface area contributed by atoms with Crippen LogP contribution in [0.5, 0.6) is 0 Å². The Morgan fingerprint density at radius 2 is 2.17 bits per heavy atom. The Balaban J connectivity index is 2.25. The van der Waals surface area contributed by atoms with Gasteiger partial charge in [0.1, 0.15) is 0 Å². The number of aliphatic carboxylic acids is 1. The number of halogens is 2. The number of carboxylic acid groups (broad SMARTS) is 1. The van der Waals surface area contributed by atoms with Crippen LogP contribution in [-0.2, 0) is 9.59 Å². The molecule has 0 aromatic rings. The van der Waals surface area contributed by atoms with Crippen LogP contribution in [0.25, 0.3) is 0 Å². The highest BCUT2D eigenvalue weighted by Gasteiger charge is 2.42. The molecule has 0 radical (unpaired) electrons. The average molecular weight is 263 g/mol. The lowest BCUT2D eigenvalue weighted by molar-refractivity contribution is -0.137. The van der Waals surface area contributed by atoms with Crippen molar-refractivity contribution >= 4 is 11.9 Å². The van der Waals surface area contributed by atoms with Gasteiger partial charge in [0.25, 0.3) is 0 Å². The highest BCUT2D eigenvalue weighted by molar-refractivity contribution is 5.79. The van der Waals surface area contributed by atoms with E-state index in [1.54, 1.807) is 6.92 Å². The summed E-state index contributed by atoms with van der Waals surface area (Å²) in [4.78, 5) is 22.0. The second-order valence-electron chi connectivity index (χ2n) is 4.99. The number of carbonyl (C=O) groups excluding carboxylic acids is 1. The van der Waals surface area contributed by atoms with Crippen LogP contribution in [0, 0.1) is 5.92 Å². The molecule has 0 saturated heterocycles. The summed E-state index contributed by atoms with van der Waals surface area (Å²) in [5.41, 5.74) is 0. The molecule has 4 nitrogen and oxygen atoms in total. The molecule has 0 aromatic carbocycles. The van der Waals surface area contributed by atoms with Crippen molar-refractivity contribution in [1.82, 2.24) is 5.32 Å². The molecule has 104 valence electrons. The smallest absolute Gasteiger partial charge is 0.303 e. The third-order valence-electron chi connectivity index (χ3n) is 3.19. The van der Waals surface area contributed by atoms with Gasteiger partial charge in [-0.15, -0.1) is 0 Å². The van der Waals surface area contributed by atoms with Gasteiger partial charge in [0.15, 0.2) is 0 Å². The van der Waals surface area contributed by atoms with E-state index < -0.39 is 17.8 Å². The number of alkyl halides is 2. The monoisotopic (exact) mass is 263 g/mol. The summed E-state index contributed by atoms with van der Waals surface area (Å²) in [6, 6.07) is -0.175. The molecule has 1 amide bonds. The van der Waals surface area contributed by atoms with Crippen LogP contribution in [0.3, 0.4) is 0 Å². The van der Waals surface area contributed by atoms with Crippen LogP contribution in [0.2, 0.25) is 0 Å². The summed E-state index contributed by atoms with van der Waals surface area (Å²) >= 11 is 0. The normalized spacial score (nSPS) is 23.6. The third-order valence-corrected chi connectivity index (χ3v) is 3.19. The van der Waals surface area contributed by atoms with Crippen LogP contribution >= 0.6 is 0 Å². The van der Waals surface area contributed by atoms with Gasteiger partial charge in [-0.25, -0.2) is 8.78 Å². The van der Waals surface area contributed by atoms with Gasteiger partial charge in [-0.3, -0.25) is 9.59 Å². The minimum absolute atomic E-state index is 0.0573. The van der Waals surface area contributed by atoms with Crippen molar-refractivity contribution < 1.29 is 23.5 Å². The molecular formula is C12H19F2NO3. The Hall–Kier alpha value is -1.20. The zero-order valence-electron chi connectivity index (χ0n) is 10.4. The summed E-state index contributed by atoms with van der Waals surface area (Å²) in [5, 5.41) is 11.1. The molecule has 2 atom stereocenters. The minimum atomic E-state index is -2.71. The molecule has 1 fully saturated rings. The van der Waals surface area contributed by atoms with Crippen LogP contribution < -0.4 is 5.32 Å². The first-order valence-electron chi connectivity index (χ1n) is 6.20. The Morgan fingerprint density at radius 3 is 2.67 bits per heavy atom. The first-order valence-corrected chi connectivity index (χ1v) is 6.20. The third kappa shape index (κ3) is 4.98. The Bertz CT molecular complexity index is 320. The van der Waals surface area contributed by atoms with Crippen molar-refractivity contribution in [2.24, 2.45) is 5.92 Å². The maximum absolute atomic E-state index is 12.9. The molecule has 2 unspecified atom stereocenters. The lowest BCUT2D eigenvalue weighted by Gasteiger charge is -2.16. The van der Waals surface area contributed by atoms with E-state index in [0.29, 0.717) is 12.8 Å². The molecule has 2 N–H and O–H groups in total. The fourth-order valence-electron chi connectivity index (χ4n) is 2.17. The number of nitrogens with one attached hydrogen (secondary N) is 1. The van der Waals surface area contributed by atoms with E-state index in [1.807, 2.05) is 0 Å². The second-order valence-corrected chi connectivity index (χ2v) is 4.99. The SMILES string of the molecule is CC(CCCC(=O)O)NC(=O)C1CCC(F)(F)C1. The van der Waals surface area contributed by atoms with Crippen LogP contribution in [-0.4, -0.2) is 28.9 Å². The minimum Gasteiger partial charge on any atom is -0.481 e. The zero-order valence-corrected chi connectivity index (χ0v) is 10.4. The van der Waals surface area contributed by atoms with Crippen molar-refractivity contribution in [3.63, 3.8) is 0 Å². The van der Waals surface area contributed by atoms with Crippen LogP contribution in [0.15, 0.2) is 0 Å². The molecule has 0 spiro atoms. The Morgan fingerprint density at radius 1 is 1.50 bits per heavy atom. The van der Waals surface area contributed by atoms with Crippen molar-refractivity contribution in [3.05, 3.63) is 0 Å². The van der Waals surface area contributed by atoms with Gasteiger partial charge < -0.3 is 10.4 Å². The topological polar surface area (TPSA) is 66.4 Å². The van der Waals surface area contributed by atoms with Crippen molar-refractivity contribution in [1.29, 1.82) is 0 Å². The van der Waals surface area contributed by atoms with Gasteiger partial charge in [0, 0.05) is 31.2 Å². The van der Waals surface area contributed by atoms with E-state index in [1.165, 1.54) is 0 Å². The Kier molecular flexibility index (Phi) is 5.04. The fourth-order valence-corrected chi connectivity index (χ4v) is 2.17. The number of rotatable bonds is 6. The molecule has 1 rings (SSSR count). The van der Waals surface area contributed by atoms with E-state index in [4.69, 9.17) is 5.11 Å². The highest BCUT2D eigenvalue weighted by atomic mass is 19.3. The van der Waals surface area contributed by atoms with Gasteiger partial charge in [-0.05, 0) is 26.2 Å². The fraction of sp³-hybridized carbons (Fsp3) is 0.833. The van der Waals surface area contributed by atoms with E-state index in [2.05, 4.69) is 5.32 Å². The van der Waals surface area contributed by atoms with Crippen LogP contribution in [0.4, 0.5) is 8.78 Å². The quantitative estimate of drug-likeness (QED) is 0.772. The largest absolute Gasteiger partial charge is 0.481 e. The highest BCUT2D eigenvalue weighted by Crippen LogP contribution is 2.38. The van der Waals surface area contributed by atoms with Gasteiger partial charge in [-0.1, -0.05) is 0 Å². The number of carboxylic acids is 1. The van der Waals surface area contributed by atoms with E-state index >= 15 is 0 Å². The first kappa shape index (κ1) is 14.9. The average Bonchev–Trinajstić information content (AvgIpc) is 2.58. The molecule has 18 heavy (non-hydrogen) atoms. The van der Waals surface area contributed by atoms with Crippen molar-refractivity contribution in [3.8, 4) is 0 Å². The molecule has 0 aliphatic heterocycles. The van der Waals surface area contributed by atoms with Crippen LogP contribution in [0.1, 0.15) is 45.4 Å². The molecule has 0 aromatic heterocycles. The van der Waals surface area contributed by atoms with Crippen molar-refractivity contribution in [2.45, 2.75) is 57.4 Å². The summed E-state index contributed by atoms with van der Waals surface area (Å²) < 4.78 is 25.9. The molecular weight excluding hydrogens is 244 g/mol. The maximum atomic E-state index is 12.9. The summed E-state index contributed by atoms with van der Waals surface area (Å²) in [7, 11) is 0. The van der Waals surface area contributed by atoms with Gasteiger partial charge in [0.05, 0.1) is 0 Å². The molecule has 6 heteroatoms. The zero-order chi connectivity index (χ0) is 13.8. The molecule has 1 saturated carbocycles.